The van der Waals surface area contributed by atoms with Gasteiger partial charge in [0.05, 0.1) is 0 Å². The van der Waals surface area contributed by atoms with E-state index in [1.165, 1.54) is 19.3 Å². The van der Waals surface area contributed by atoms with E-state index in [0.717, 1.165) is 12.4 Å². The van der Waals surface area contributed by atoms with Crippen molar-refractivity contribution >= 4 is 29.2 Å². The summed E-state index contributed by atoms with van der Waals surface area (Å²) >= 11 is 7.83. The lowest BCUT2D eigenvalue weighted by Crippen LogP contribution is -2.40. The van der Waals surface area contributed by atoms with Crippen molar-refractivity contribution in [3.8, 4) is 0 Å². The van der Waals surface area contributed by atoms with Gasteiger partial charge in [-0.1, -0.05) is 18.0 Å². The molecule has 0 aliphatic heterocycles. The summed E-state index contributed by atoms with van der Waals surface area (Å²) < 4.78 is 0.408. The highest BCUT2D eigenvalue weighted by molar-refractivity contribution is 8.00. The second kappa shape index (κ2) is 4.80. The van der Waals surface area contributed by atoms with Crippen molar-refractivity contribution in [2.45, 2.75) is 30.9 Å². The average molecular weight is 258 g/mol. The predicted octanol–water partition coefficient (Wildman–Crippen LogP) is 3.14. The lowest BCUT2D eigenvalue weighted by atomic mass is 9.84. The highest BCUT2D eigenvalue weighted by Crippen LogP contribution is 2.42. The van der Waals surface area contributed by atoms with Crippen molar-refractivity contribution in [3.63, 3.8) is 0 Å². The van der Waals surface area contributed by atoms with Gasteiger partial charge in [0.1, 0.15) is 16.8 Å². The van der Waals surface area contributed by atoms with E-state index >= 15 is 0 Å². The van der Waals surface area contributed by atoms with Gasteiger partial charge in [-0.25, -0.2) is 9.97 Å². The number of halogens is 1. The monoisotopic (exact) mass is 257 g/mol. The molecule has 1 aliphatic rings. The SMILES string of the molecule is CSC1(CNc2cc(Cl)nc(C)n2)CCC1. The molecule has 0 spiro atoms. The predicted molar refractivity (Wildman–Crippen MR) is 70.4 cm³/mol. The van der Waals surface area contributed by atoms with Crippen LogP contribution in [0.15, 0.2) is 6.07 Å². The number of rotatable bonds is 4. The van der Waals surface area contributed by atoms with Crippen LogP contribution in [-0.4, -0.2) is 27.5 Å². The van der Waals surface area contributed by atoms with Crippen LogP contribution in [0.3, 0.4) is 0 Å². The Morgan fingerprint density at radius 1 is 1.50 bits per heavy atom. The summed E-state index contributed by atoms with van der Waals surface area (Å²) in [6, 6.07) is 1.78. The Kier molecular flexibility index (Phi) is 3.60. The van der Waals surface area contributed by atoms with Crippen molar-refractivity contribution in [1.82, 2.24) is 9.97 Å². The number of hydrogen-bond donors (Lipinski definition) is 1. The fourth-order valence-electron chi connectivity index (χ4n) is 1.90. The van der Waals surface area contributed by atoms with E-state index in [9.17, 15) is 0 Å². The molecule has 1 aromatic rings. The van der Waals surface area contributed by atoms with Gasteiger partial charge in [0.25, 0.3) is 0 Å². The molecule has 0 radical (unpaired) electrons. The molecule has 2 rings (SSSR count). The molecule has 1 N–H and O–H groups in total. The van der Waals surface area contributed by atoms with E-state index in [0.29, 0.717) is 15.7 Å². The summed E-state index contributed by atoms with van der Waals surface area (Å²) in [7, 11) is 0. The second-order valence-electron chi connectivity index (χ2n) is 4.22. The number of anilines is 1. The third-order valence-corrected chi connectivity index (χ3v) is 4.71. The number of aromatic nitrogens is 2. The molecule has 3 nitrogen and oxygen atoms in total. The smallest absolute Gasteiger partial charge is 0.134 e. The highest BCUT2D eigenvalue weighted by atomic mass is 35.5. The summed E-state index contributed by atoms with van der Waals surface area (Å²) in [5.41, 5.74) is 0. The average Bonchev–Trinajstić information content (AvgIpc) is 2.15. The molecular formula is C11H16ClN3S. The van der Waals surface area contributed by atoms with E-state index in [1.807, 2.05) is 18.7 Å². The Bertz CT molecular complexity index is 354. The zero-order chi connectivity index (χ0) is 11.6. The van der Waals surface area contributed by atoms with Gasteiger partial charge in [0.15, 0.2) is 0 Å². The van der Waals surface area contributed by atoms with Crippen LogP contribution in [0, 0.1) is 6.92 Å². The van der Waals surface area contributed by atoms with Crippen molar-refractivity contribution in [1.29, 1.82) is 0 Å². The fraction of sp³-hybridized carbons (Fsp3) is 0.636. The van der Waals surface area contributed by atoms with E-state index in [4.69, 9.17) is 11.6 Å². The molecular weight excluding hydrogens is 242 g/mol. The van der Waals surface area contributed by atoms with Gasteiger partial charge in [-0.3, -0.25) is 0 Å². The number of thioether (sulfide) groups is 1. The van der Waals surface area contributed by atoms with E-state index in [-0.39, 0.29) is 0 Å². The maximum Gasteiger partial charge on any atom is 0.134 e. The maximum atomic E-state index is 5.89. The first-order valence-corrected chi connectivity index (χ1v) is 7.04. The summed E-state index contributed by atoms with van der Waals surface area (Å²) in [5, 5.41) is 3.87. The molecule has 1 saturated carbocycles. The number of nitrogens with one attached hydrogen (secondary N) is 1. The van der Waals surface area contributed by atoms with Crippen molar-refractivity contribution in [2.24, 2.45) is 0 Å². The molecule has 0 aromatic carbocycles. The first kappa shape index (κ1) is 12.0. The molecule has 1 heterocycles. The van der Waals surface area contributed by atoms with E-state index in [2.05, 4.69) is 21.5 Å². The van der Waals surface area contributed by atoms with Gasteiger partial charge in [0.2, 0.25) is 0 Å². The molecule has 1 fully saturated rings. The molecule has 1 aliphatic carbocycles. The Balaban J connectivity index is 1.98. The third kappa shape index (κ3) is 2.61. The van der Waals surface area contributed by atoms with Gasteiger partial charge in [-0.15, -0.1) is 0 Å². The molecule has 0 atom stereocenters. The van der Waals surface area contributed by atoms with Gasteiger partial charge in [0, 0.05) is 17.4 Å². The Labute approximate surface area is 105 Å². The topological polar surface area (TPSA) is 37.8 Å². The van der Waals surface area contributed by atoms with Crippen LogP contribution in [-0.2, 0) is 0 Å². The van der Waals surface area contributed by atoms with Crippen LogP contribution in [0.4, 0.5) is 5.82 Å². The van der Waals surface area contributed by atoms with Gasteiger partial charge < -0.3 is 5.32 Å². The van der Waals surface area contributed by atoms with Crippen LogP contribution in [0.1, 0.15) is 25.1 Å². The summed E-state index contributed by atoms with van der Waals surface area (Å²) in [5.74, 6) is 1.54. The minimum atomic E-state index is 0.408. The number of aryl methyl sites for hydroxylation is 1. The zero-order valence-corrected chi connectivity index (χ0v) is 11.2. The largest absolute Gasteiger partial charge is 0.369 e. The summed E-state index contributed by atoms with van der Waals surface area (Å²) in [4.78, 5) is 8.36. The minimum absolute atomic E-state index is 0.408. The quantitative estimate of drug-likeness (QED) is 0.841. The van der Waals surface area contributed by atoms with E-state index < -0.39 is 0 Å². The lowest BCUT2D eigenvalue weighted by molar-refractivity contribution is 0.379. The first-order valence-electron chi connectivity index (χ1n) is 5.44. The first-order chi connectivity index (χ1) is 7.63. The number of hydrogen-bond acceptors (Lipinski definition) is 4. The summed E-state index contributed by atoms with van der Waals surface area (Å²) in [6.07, 6.45) is 6.10. The van der Waals surface area contributed by atoms with Crippen molar-refractivity contribution in [3.05, 3.63) is 17.0 Å². The van der Waals surface area contributed by atoms with Crippen molar-refractivity contribution < 1.29 is 0 Å². The molecule has 88 valence electrons. The highest BCUT2D eigenvalue weighted by Gasteiger charge is 2.35. The number of nitrogens with zero attached hydrogens (tertiary/aromatic N) is 2. The van der Waals surface area contributed by atoms with Gasteiger partial charge in [-0.2, -0.15) is 11.8 Å². The third-order valence-electron chi connectivity index (χ3n) is 3.10. The van der Waals surface area contributed by atoms with Crippen LogP contribution < -0.4 is 5.32 Å². The Morgan fingerprint density at radius 2 is 2.25 bits per heavy atom. The van der Waals surface area contributed by atoms with Crippen molar-refractivity contribution in [2.75, 3.05) is 18.1 Å². The Morgan fingerprint density at radius 3 is 2.75 bits per heavy atom. The minimum Gasteiger partial charge on any atom is -0.369 e. The lowest BCUT2D eigenvalue weighted by Gasteiger charge is -2.40. The standard InChI is InChI=1S/C11H16ClN3S/c1-8-14-9(12)6-10(15-8)13-7-11(16-2)4-3-5-11/h6H,3-5,7H2,1-2H3,(H,13,14,15). The normalized spacial score (nSPS) is 17.9. The zero-order valence-electron chi connectivity index (χ0n) is 9.59. The van der Waals surface area contributed by atoms with Gasteiger partial charge >= 0.3 is 0 Å². The fourth-order valence-corrected chi connectivity index (χ4v) is 3.04. The molecule has 16 heavy (non-hydrogen) atoms. The molecule has 0 amide bonds. The Hall–Kier alpha value is -0.480. The molecule has 0 saturated heterocycles. The maximum absolute atomic E-state index is 5.89. The van der Waals surface area contributed by atoms with Gasteiger partial charge in [-0.05, 0) is 26.0 Å². The molecule has 1 aromatic heterocycles. The molecule has 0 bridgehead atoms. The second-order valence-corrected chi connectivity index (χ2v) is 5.88. The van der Waals surface area contributed by atoms with Crippen LogP contribution >= 0.6 is 23.4 Å². The van der Waals surface area contributed by atoms with Crippen LogP contribution in [0.2, 0.25) is 5.15 Å². The summed E-state index contributed by atoms with van der Waals surface area (Å²) in [6.45, 7) is 2.81. The molecule has 5 heteroatoms. The van der Waals surface area contributed by atoms with E-state index in [1.54, 1.807) is 6.07 Å². The van der Waals surface area contributed by atoms with Crippen LogP contribution in [0.5, 0.6) is 0 Å². The van der Waals surface area contributed by atoms with Crippen LogP contribution in [0.25, 0.3) is 0 Å². The molecule has 0 unspecified atom stereocenters.